The van der Waals surface area contributed by atoms with Crippen LogP contribution >= 0.6 is 11.6 Å². The number of benzene rings is 1. The number of hydrogen-bond acceptors (Lipinski definition) is 3. The van der Waals surface area contributed by atoms with Crippen molar-refractivity contribution in [1.29, 1.82) is 0 Å². The molecule has 1 amide bonds. The van der Waals surface area contributed by atoms with Crippen LogP contribution in [0.1, 0.15) is 31.1 Å². The molecule has 0 radical (unpaired) electrons. The SMILES string of the molecule is Cc1cc(NC(=O)CN[C@@H](c2ccccn2)C(C)C)ccc1Cl. The number of aromatic nitrogens is 1. The van der Waals surface area contributed by atoms with Crippen molar-refractivity contribution in [3.05, 3.63) is 58.9 Å². The summed E-state index contributed by atoms with van der Waals surface area (Å²) in [5.41, 5.74) is 2.63. The minimum Gasteiger partial charge on any atom is -0.325 e. The van der Waals surface area contributed by atoms with Gasteiger partial charge < -0.3 is 5.32 Å². The fourth-order valence-electron chi connectivity index (χ4n) is 2.37. The van der Waals surface area contributed by atoms with Crippen LogP contribution in [0.5, 0.6) is 0 Å². The van der Waals surface area contributed by atoms with Crippen molar-refractivity contribution in [3.8, 4) is 0 Å². The Labute approximate surface area is 142 Å². The molecule has 1 aromatic heterocycles. The number of aryl methyl sites for hydroxylation is 1. The minimum absolute atomic E-state index is 0.0360. The van der Waals surface area contributed by atoms with Gasteiger partial charge in [0, 0.05) is 16.9 Å². The molecule has 0 aliphatic carbocycles. The molecule has 0 saturated carbocycles. The molecule has 0 saturated heterocycles. The number of nitrogens with one attached hydrogen (secondary N) is 2. The number of carbonyl (C=O) groups is 1. The summed E-state index contributed by atoms with van der Waals surface area (Å²) >= 11 is 5.99. The van der Waals surface area contributed by atoms with E-state index in [1.165, 1.54) is 0 Å². The Morgan fingerprint density at radius 2 is 2.04 bits per heavy atom. The minimum atomic E-state index is -0.0895. The van der Waals surface area contributed by atoms with Crippen LogP contribution in [-0.4, -0.2) is 17.4 Å². The normalized spacial score (nSPS) is 12.2. The molecular weight excluding hydrogens is 310 g/mol. The number of halogens is 1. The second kappa shape index (κ2) is 8.09. The van der Waals surface area contributed by atoms with Crippen molar-refractivity contribution >= 4 is 23.2 Å². The van der Waals surface area contributed by atoms with Crippen molar-refractivity contribution in [2.45, 2.75) is 26.8 Å². The van der Waals surface area contributed by atoms with Gasteiger partial charge in [0.25, 0.3) is 0 Å². The number of pyridine rings is 1. The van der Waals surface area contributed by atoms with Gasteiger partial charge in [-0.3, -0.25) is 15.1 Å². The van der Waals surface area contributed by atoms with E-state index in [4.69, 9.17) is 11.6 Å². The molecule has 0 bridgehead atoms. The lowest BCUT2D eigenvalue weighted by Gasteiger charge is -2.21. The largest absolute Gasteiger partial charge is 0.325 e. The van der Waals surface area contributed by atoms with E-state index in [0.717, 1.165) is 16.9 Å². The third-order valence-corrected chi connectivity index (χ3v) is 4.02. The van der Waals surface area contributed by atoms with Crippen molar-refractivity contribution in [3.63, 3.8) is 0 Å². The Morgan fingerprint density at radius 3 is 2.65 bits per heavy atom. The van der Waals surface area contributed by atoms with E-state index in [-0.39, 0.29) is 18.5 Å². The quantitative estimate of drug-likeness (QED) is 0.842. The van der Waals surface area contributed by atoms with Crippen molar-refractivity contribution in [2.75, 3.05) is 11.9 Å². The second-order valence-corrected chi connectivity index (χ2v) is 6.28. The van der Waals surface area contributed by atoms with Gasteiger partial charge in [-0.1, -0.05) is 31.5 Å². The van der Waals surface area contributed by atoms with Gasteiger partial charge in [0.15, 0.2) is 0 Å². The van der Waals surface area contributed by atoms with Crippen LogP contribution < -0.4 is 10.6 Å². The van der Waals surface area contributed by atoms with E-state index in [2.05, 4.69) is 29.5 Å². The van der Waals surface area contributed by atoms with Gasteiger partial charge in [-0.05, 0) is 48.7 Å². The first kappa shape index (κ1) is 17.4. The Balaban J connectivity index is 1.95. The number of hydrogen-bond donors (Lipinski definition) is 2. The van der Waals surface area contributed by atoms with Crippen molar-refractivity contribution < 1.29 is 4.79 Å². The molecule has 4 nitrogen and oxygen atoms in total. The van der Waals surface area contributed by atoms with Crippen LogP contribution in [0.2, 0.25) is 5.02 Å². The monoisotopic (exact) mass is 331 g/mol. The molecular formula is C18H22ClN3O. The van der Waals surface area contributed by atoms with E-state index in [0.29, 0.717) is 10.9 Å². The molecule has 2 N–H and O–H groups in total. The molecule has 1 heterocycles. The first-order valence-corrected chi connectivity index (χ1v) is 8.05. The van der Waals surface area contributed by atoms with Crippen molar-refractivity contribution in [1.82, 2.24) is 10.3 Å². The Bertz CT molecular complexity index is 659. The van der Waals surface area contributed by atoms with Crippen LogP contribution in [0, 0.1) is 12.8 Å². The summed E-state index contributed by atoms with van der Waals surface area (Å²) in [5, 5.41) is 6.85. The van der Waals surface area contributed by atoms with Gasteiger partial charge >= 0.3 is 0 Å². The van der Waals surface area contributed by atoms with Crippen LogP contribution in [0.15, 0.2) is 42.6 Å². The van der Waals surface area contributed by atoms with Gasteiger partial charge in [-0.2, -0.15) is 0 Å². The van der Waals surface area contributed by atoms with Gasteiger partial charge in [-0.25, -0.2) is 0 Å². The summed E-state index contributed by atoms with van der Waals surface area (Å²) in [6, 6.07) is 11.3. The summed E-state index contributed by atoms with van der Waals surface area (Å²) in [7, 11) is 0. The number of nitrogens with zero attached hydrogens (tertiary/aromatic N) is 1. The predicted molar refractivity (Wildman–Crippen MR) is 94.6 cm³/mol. The second-order valence-electron chi connectivity index (χ2n) is 5.87. The highest BCUT2D eigenvalue weighted by atomic mass is 35.5. The molecule has 0 fully saturated rings. The van der Waals surface area contributed by atoms with E-state index in [1.54, 1.807) is 18.3 Å². The maximum Gasteiger partial charge on any atom is 0.238 e. The number of rotatable bonds is 6. The molecule has 0 unspecified atom stereocenters. The van der Waals surface area contributed by atoms with Gasteiger partial charge in [0.05, 0.1) is 18.3 Å². The number of anilines is 1. The van der Waals surface area contributed by atoms with E-state index in [1.807, 2.05) is 31.2 Å². The van der Waals surface area contributed by atoms with Gasteiger partial charge in [0.2, 0.25) is 5.91 Å². The van der Waals surface area contributed by atoms with E-state index in [9.17, 15) is 4.79 Å². The zero-order chi connectivity index (χ0) is 16.8. The lowest BCUT2D eigenvalue weighted by atomic mass is 10.0. The molecule has 2 aromatic rings. The lowest BCUT2D eigenvalue weighted by Crippen LogP contribution is -2.34. The average Bonchev–Trinajstić information content (AvgIpc) is 2.52. The zero-order valence-corrected chi connectivity index (χ0v) is 14.4. The Hall–Kier alpha value is -1.91. The summed E-state index contributed by atoms with van der Waals surface area (Å²) in [6.45, 7) is 6.34. The average molecular weight is 332 g/mol. The molecule has 5 heteroatoms. The molecule has 23 heavy (non-hydrogen) atoms. The van der Waals surface area contributed by atoms with Crippen LogP contribution in [0.4, 0.5) is 5.69 Å². The molecule has 0 aliphatic rings. The highest BCUT2D eigenvalue weighted by molar-refractivity contribution is 6.31. The predicted octanol–water partition coefficient (Wildman–Crippen LogP) is 3.97. The van der Waals surface area contributed by atoms with E-state index < -0.39 is 0 Å². The topological polar surface area (TPSA) is 54.0 Å². The number of carbonyl (C=O) groups excluding carboxylic acids is 1. The molecule has 1 aromatic carbocycles. The maximum absolute atomic E-state index is 12.1. The first-order valence-electron chi connectivity index (χ1n) is 7.67. The van der Waals surface area contributed by atoms with E-state index >= 15 is 0 Å². The summed E-state index contributed by atoms with van der Waals surface area (Å²) in [6.07, 6.45) is 1.77. The van der Waals surface area contributed by atoms with Gasteiger partial charge in [0.1, 0.15) is 0 Å². The third kappa shape index (κ3) is 5.05. The highest BCUT2D eigenvalue weighted by Crippen LogP contribution is 2.20. The maximum atomic E-state index is 12.1. The molecule has 122 valence electrons. The summed E-state index contributed by atoms with van der Waals surface area (Å²) in [4.78, 5) is 16.5. The number of amides is 1. The Kier molecular flexibility index (Phi) is 6.13. The van der Waals surface area contributed by atoms with Gasteiger partial charge in [-0.15, -0.1) is 0 Å². The zero-order valence-electron chi connectivity index (χ0n) is 13.6. The van der Waals surface area contributed by atoms with Crippen LogP contribution in [0.25, 0.3) is 0 Å². The fourth-order valence-corrected chi connectivity index (χ4v) is 2.49. The lowest BCUT2D eigenvalue weighted by molar-refractivity contribution is -0.115. The molecule has 0 spiro atoms. The summed E-state index contributed by atoms with van der Waals surface area (Å²) < 4.78 is 0. The summed E-state index contributed by atoms with van der Waals surface area (Å²) in [5.74, 6) is 0.240. The molecule has 1 atom stereocenters. The standard InChI is InChI=1S/C18H22ClN3O/c1-12(2)18(16-6-4-5-9-20-16)21-11-17(23)22-14-7-8-15(19)13(3)10-14/h4-10,12,18,21H,11H2,1-3H3,(H,22,23)/t18-/m1/s1. The molecule has 0 aliphatic heterocycles. The first-order chi connectivity index (χ1) is 11.0. The van der Waals surface area contributed by atoms with Crippen LogP contribution in [-0.2, 0) is 4.79 Å². The third-order valence-electron chi connectivity index (χ3n) is 3.60. The fraction of sp³-hybridized carbons (Fsp3) is 0.333. The smallest absolute Gasteiger partial charge is 0.238 e. The highest BCUT2D eigenvalue weighted by Gasteiger charge is 2.17. The Morgan fingerprint density at radius 1 is 1.26 bits per heavy atom. The van der Waals surface area contributed by atoms with Crippen LogP contribution in [0.3, 0.4) is 0 Å². The molecule has 2 rings (SSSR count). The van der Waals surface area contributed by atoms with Crippen molar-refractivity contribution in [2.24, 2.45) is 5.92 Å².